The smallest absolute Gasteiger partial charge is 0.119 e. The minimum absolute atomic E-state index is 0.356. The second kappa shape index (κ2) is 7.58. The average molecular weight is 240 g/mol. The van der Waals surface area contributed by atoms with E-state index in [1.165, 1.54) is 0 Å². The van der Waals surface area contributed by atoms with Gasteiger partial charge in [0.2, 0.25) is 0 Å². The molecule has 1 N–H and O–H groups in total. The fraction of sp³-hybridized carbons (Fsp3) is 0.538. The molecule has 0 heterocycles. The van der Waals surface area contributed by atoms with E-state index in [2.05, 4.69) is 6.26 Å². The third kappa shape index (κ3) is 4.45. The van der Waals surface area contributed by atoms with Crippen LogP contribution in [0.3, 0.4) is 0 Å². The van der Waals surface area contributed by atoms with Gasteiger partial charge in [-0.2, -0.15) is 11.8 Å². The standard InChI is InChI=1S/C13H20O2S/c1-3-13(14)11-5-7-12(8-6-11)15-9-4-10-16-2/h5-8,13-14H,3-4,9-10H2,1-2H3/t13-/m1/s1. The maximum absolute atomic E-state index is 9.62. The molecule has 0 aliphatic carbocycles. The molecule has 0 aliphatic heterocycles. The summed E-state index contributed by atoms with van der Waals surface area (Å²) in [5.41, 5.74) is 0.957. The Labute approximate surface area is 102 Å². The van der Waals surface area contributed by atoms with Gasteiger partial charge in [-0.25, -0.2) is 0 Å². The summed E-state index contributed by atoms with van der Waals surface area (Å²) in [4.78, 5) is 0. The molecule has 0 radical (unpaired) electrons. The molecule has 3 heteroatoms. The van der Waals surface area contributed by atoms with E-state index in [1.54, 1.807) is 0 Å². The third-order valence-corrected chi connectivity index (χ3v) is 3.11. The number of aliphatic hydroxyl groups is 1. The topological polar surface area (TPSA) is 29.5 Å². The van der Waals surface area contributed by atoms with Crippen molar-refractivity contribution in [3.8, 4) is 5.75 Å². The highest BCUT2D eigenvalue weighted by molar-refractivity contribution is 7.98. The number of hydrogen-bond donors (Lipinski definition) is 1. The number of thioether (sulfide) groups is 1. The normalized spacial score (nSPS) is 12.4. The van der Waals surface area contributed by atoms with Crippen molar-refractivity contribution in [1.82, 2.24) is 0 Å². The van der Waals surface area contributed by atoms with Crippen LogP contribution in [0.1, 0.15) is 31.4 Å². The number of benzene rings is 1. The van der Waals surface area contributed by atoms with Gasteiger partial charge in [0.1, 0.15) is 5.75 Å². The highest BCUT2D eigenvalue weighted by Crippen LogP contribution is 2.19. The van der Waals surface area contributed by atoms with E-state index in [1.807, 2.05) is 43.0 Å². The molecule has 0 aromatic heterocycles. The molecule has 16 heavy (non-hydrogen) atoms. The highest BCUT2D eigenvalue weighted by atomic mass is 32.2. The van der Waals surface area contributed by atoms with Crippen LogP contribution in [0, 0.1) is 0 Å². The van der Waals surface area contributed by atoms with Gasteiger partial charge in [-0.15, -0.1) is 0 Å². The number of hydrogen-bond acceptors (Lipinski definition) is 3. The monoisotopic (exact) mass is 240 g/mol. The van der Waals surface area contributed by atoms with Crippen LogP contribution in [-0.4, -0.2) is 23.7 Å². The Morgan fingerprint density at radius 1 is 1.31 bits per heavy atom. The van der Waals surface area contributed by atoms with Crippen LogP contribution in [0.5, 0.6) is 5.75 Å². The molecule has 0 bridgehead atoms. The van der Waals surface area contributed by atoms with Crippen molar-refractivity contribution in [3.63, 3.8) is 0 Å². The molecule has 0 fully saturated rings. The predicted octanol–water partition coefficient (Wildman–Crippen LogP) is 3.26. The highest BCUT2D eigenvalue weighted by Gasteiger charge is 2.03. The van der Waals surface area contributed by atoms with Crippen molar-refractivity contribution in [2.75, 3.05) is 18.6 Å². The summed E-state index contributed by atoms with van der Waals surface area (Å²) in [6.45, 7) is 2.73. The molecule has 1 aromatic carbocycles. The summed E-state index contributed by atoms with van der Waals surface area (Å²) in [6, 6.07) is 7.71. The Morgan fingerprint density at radius 3 is 2.56 bits per heavy atom. The Hall–Kier alpha value is -0.670. The van der Waals surface area contributed by atoms with Gasteiger partial charge in [0, 0.05) is 0 Å². The van der Waals surface area contributed by atoms with Gasteiger partial charge in [-0.1, -0.05) is 19.1 Å². The molecule has 1 rings (SSSR count). The van der Waals surface area contributed by atoms with E-state index in [-0.39, 0.29) is 6.10 Å². The Bertz CT molecular complexity index is 284. The number of rotatable bonds is 7. The molecule has 1 aromatic rings. The lowest BCUT2D eigenvalue weighted by Gasteiger charge is -2.09. The molecular weight excluding hydrogens is 220 g/mol. The van der Waals surface area contributed by atoms with E-state index in [4.69, 9.17) is 4.74 Å². The largest absolute Gasteiger partial charge is 0.494 e. The minimum atomic E-state index is -0.356. The quantitative estimate of drug-likeness (QED) is 0.742. The molecule has 0 aliphatic rings. The van der Waals surface area contributed by atoms with E-state index in [0.29, 0.717) is 0 Å². The van der Waals surface area contributed by atoms with E-state index >= 15 is 0 Å². The maximum Gasteiger partial charge on any atom is 0.119 e. The van der Waals surface area contributed by atoms with Crippen LogP contribution < -0.4 is 4.74 Å². The predicted molar refractivity (Wildman–Crippen MR) is 70.2 cm³/mol. The zero-order chi connectivity index (χ0) is 11.8. The Morgan fingerprint density at radius 2 is 2.00 bits per heavy atom. The van der Waals surface area contributed by atoms with Crippen LogP contribution in [0.4, 0.5) is 0 Å². The Balaban J connectivity index is 2.39. The summed E-state index contributed by atoms with van der Waals surface area (Å²) in [5.74, 6) is 2.01. The van der Waals surface area contributed by atoms with Crippen molar-refractivity contribution >= 4 is 11.8 Å². The number of aliphatic hydroxyl groups excluding tert-OH is 1. The van der Waals surface area contributed by atoms with Crippen LogP contribution in [0.2, 0.25) is 0 Å². The first-order valence-corrected chi connectivity index (χ1v) is 7.07. The van der Waals surface area contributed by atoms with Gasteiger partial charge in [0.15, 0.2) is 0 Å². The third-order valence-electron chi connectivity index (χ3n) is 2.41. The van der Waals surface area contributed by atoms with E-state index < -0.39 is 0 Å². The molecule has 1 atom stereocenters. The molecule has 2 nitrogen and oxygen atoms in total. The fourth-order valence-corrected chi connectivity index (χ4v) is 1.82. The van der Waals surface area contributed by atoms with Gasteiger partial charge >= 0.3 is 0 Å². The van der Waals surface area contributed by atoms with Crippen LogP contribution in [0.25, 0.3) is 0 Å². The van der Waals surface area contributed by atoms with Gasteiger partial charge in [0.25, 0.3) is 0 Å². The van der Waals surface area contributed by atoms with Gasteiger partial charge in [-0.3, -0.25) is 0 Å². The van der Waals surface area contributed by atoms with Crippen molar-refractivity contribution in [2.24, 2.45) is 0 Å². The lowest BCUT2D eigenvalue weighted by molar-refractivity contribution is 0.173. The van der Waals surface area contributed by atoms with E-state index in [0.717, 1.165) is 36.5 Å². The summed E-state index contributed by atoms with van der Waals surface area (Å²) in [5, 5.41) is 9.62. The van der Waals surface area contributed by atoms with Crippen LogP contribution >= 0.6 is 11.8 Å². The second-order valence-corrected chi connectivity index (χ2v) is 4.67. The van der Waals surface area contributed by atoms with Crippen LogP contribution in [-0.2, 0) is 0 Å². The molecule has 0 saturated carbocycles. The van der Waals surface area contributed by atoms with Crippen molar-refractivity contribution in [1.29, 1.82) is 0 Å². The second-order valence-electron chi connectivity index (χ2n) is 3.69. The molecule has 0 saturated heterocycles. The summed E-state index contributed by atoms with van der Waals surface area (Å²) in [6.07, 6.45) is 3.56. The van der Waals surface area contributed by atoms with Gasteiger partial charge in [-0.05, 0) is 42.5 Å². The van der Waals surface area contributed by atoms with Crippen molar-refractivity contribution in [3.05, 3.63) is 29.8 Å². The minimum Gasteiger partial charge on any atom is -0.494 e. The molecular formula is C13H20O2S. The van der Waals surface area contributed by atoms with Gasteiger partial charge in [0.05, 0.1) is 12.7 Å². The summed E-state index contributed by atoms with van der Waals surface area (Å²) >= 11 is 1.83. The zero-order valence-electron chi connectivity index (χ0n) is 9.98. The lowest BCUT2D eigenvalue weighted by atomic mass is 10.1. The van der Waals surface area contributed by atoms with Crippen molar-refractivity contribution < 1.29 is 9.84 Å². The first kappa shape index (κ1) is 13.4. The zero-order valence-corrected chi connectivity index (χ0v) is 10.8. The first-order valence-electron chi connectivity index (χ1n) is 5.67. The molecule has 0 spiro atoms. The van der Waals surface area contributed by atoms with E-state index in [9.17, 15) is 5.11 Å². The van der Waals surface area contributed by atoms with Crippen molar-refractivity contribution in [2.45, 2.75) is 25.9 Å². The lowest BCUT2D eigenvalue weighted by Crippen LogP contribution is -1.99. The molecule has 90 valence electrons. The SMILES string of the molecule is CC[C@@H](O)c1ccc(OCCCSC)cc1. The summed E-state index contributed by atoms with van der Waals surface area (Å²) < 4.78 is 5.58. The van der Waals surface area contributed by atoms with Crippen LogP contribution in [0.15, 0.2) is 24.3 Å². The average Bonchev–Trinajstić information content (AvgIpc) is 2.34. The van der Waals surface area contributed by atoms with Gasteiger partial charge < -0.3 is 9.84 Å². The maximum atomic E-state index is 9.62. The first-order chi connectivity index (χ1) is 7.77. The number of ether oxygens (including phenoxy) is 1. The fourth-order valence-electron chi connectivity index (χ4n) is 1.42. The molecule has 0 amide bonds. The molecule has 0 unspecified atom stereocenters. The summed E-state index contributed by atoms with van der Waals surface area (Å²) in [7, 11) is 0. The Kier molecular flexibility index (Phi) is 6.34.